The van der Waals surface area contributed by atoms with Gasteiger partial charge < -0.3 is 0 Å². The average molecular weight is 158 g/mol. The molecule has 0 bridgehead atoms. The number of allylic oxidation sites excluding steroid dienone is 1. The van der Waals surface area contributed by atoms with E-state index in [1.165, 1.54) is 24.8 Å². The Hall–Kier alpha value is -1.04. The lowest BCUT2D eigenvalue weighted by molar-refractivity contribution is 0.314. The quantitative estimate of drug-likeness (QED) is 0.579. The third kappa shape index (κ3) is 0.989. The lowest BCUT2D eigenvalue weighted by Crippen LogP contribution is -2.31. The van der Waals surface area contributed by atoms with Crippen molar-refractivity contribution in [3.05, 3.63) is 48.6 Å². The molecule has 0 heteroatoms. The molecular formula is C12H14. The highest BCUT2D eigenvalue weighted by Gasteiger charge is 2.34. The van der Waals surface area contributed by atoms with E-state index in [9.17, 15) is 0 Å². The molecular weight excluding hydrogens is 144 g/mol. The second-order valence-electron chi connectivity index (χ2n) is 3.58. The van der Waals surface area contributed by atoms with Crippen LogP contribution in [0.2, 0.25) is 0 Å². The van der Waals surface area contributed by atoms with Crippen LogP contribution < -0.4 is 0 Å². The van der Waals surface area contributed by atoms with Crippen molar-refractivity contribution in [3.63, 3.8) is 0 Å². The third-order valence-electron chi connectivity index (χ3n) is 2.99. The van der Waals surface area contributed by atoms with Gasteiger partial charge in [0.25, 0.3) is 0 Å². The average Bonchev–Trinajstić information content (AvgIpc) is 2.05. The number of hydrogen-bond acceptors (Lipinski definition) is 0. The monoisotopic (exact) mass is 158 g/mol. The van der Waals surface area contributed by atoms with E-state index in [2.05, 4.69) is 43.0 Å². The van der Waals surface area contributed by atoms with Gasteiger partial charge in [0.1, 0.15) is 0 Å². The SMILES string of the molecule is C=CC1(c2ccccc2)CCC1. The Kier molecular flexibility index (Phi) is 1.76. The summed E-state index contributed by atoms with van der Waals surface area (Å²) in [4.78, 5) is 0. The normalized spacial score (nSPS) is 19.7. The Labute approximate surface area is 73.9 Å². The van der Waals surface area contributed by atoms with Crippen molar-refractivity contribution in [1.29, 1.82) is 0 Å². The van der Waals surface area contributed by atoms with E-state index in [0.717, 1.165) is 0 Å². The highest BCUT2D eigenvalue weighted by Crippen LogP contribution is 2.44. The molecule has 62 valence electrons. The van der Waals surface area contributed by atoms with Crippen LogP contribution in [-0.4, -0.2) is 0 Å². The summed E-state index contributed by atoms with van der Waals surface area (Å²) in [5.74, 6) is 0. The van der Waals surface area contributed by atoms with Crippen LogP contribution in [0.25, 0.3) is 0 Å². The lowest BCUT2D eigenvalue weighted by Gasteiger charge is -2.39. The van der Waals surface area contributed by atoms with Gasteiger partial charge in [-0.25, -0.2) is 0 Å². The molecule has 0 aromatic heterocycles. The van der Waals surface area contributed by atoms with E-state index in [4.69, 9.17) is 0 Å². The zero-order valence-corrected chi connectivity index (χ0v) is 7.29. The molecule has 1 saturated carbocycles. The summed E-state index contributed by atoms with van der Waals surface area (Å²) in [7, 11) is 0. The molecule has 1 aliphatic carbocycles. The molecule has 1 aliphatic rings. The molecule has 0 N–H and O–H groups in total. The van der Waals surface area contributed by atoms with E-state index < -0.39 is 0 Å². The van der Waals surface area contributed by atoms with Gasteiger partial charge in [-0.3, -0.25) is 0 Å². The van der Waals surface area contributed by atoms with Crippen molar-refractivity contribution in [1.82, 2.24) is 0 Å². The lowest BCUT2D eigenvalue weighted by atomic mass is 9.65. The smallest absolute Gasteiger partial charge is 0.0129 e. The van der Waals surface area contributed by atoms with Crippen LogP contribution in [0, 0.1) is 0 Å². The summed E-state index contributed by atoms with van der Waals surface area (Å²) in [5.41, 5.74) is 1.76. The fourth-order valence-corrected chi connectivity index (χ4v) is 1.94. The fraction of sp³-hybridized carbons (Fsp3) is 0.333. The minimum atomic E-state index is 0.321. The summed E-state index contributed by atoms with van der Waals surface area (Å²) < 4.78 is 0. The molecule has 2 rings (SSSR count). The standard InChI is InChI=1S/C12H14/c1-2-12(9-6-10-12)11-7-4-3-5-8-11/h2-5,7-8H,1,6,9-10H2. The van der Waals surface area contributed by atoms with Crippen molar-refractivity contribution in [2.24, 2.45) is 0 Å². The van der Waals surface area contributed by atoms with E-state index in [0.29, 0.717) is 5.41 Å². The van der Waals surface area contributed by atoms with Gasteiger partial charge in [0.15, 0.2) is 0 Å². The first-order valence-electron chi connectivity index (χ1n) is 4.56. The molecule has 0 atom stereocenters. The van der Waals surface area contributed by atoms with Gasteiger partial charge in [0, 0.05) is 5.41 Å². The highest BCUT2D eigenvalue weighted by molar-refractivity contribution is 5.32. The molecule has 1 aromatic carbocycles. The molecule has 0 spiro atoms. The number of hydrogen-bond donors (Lipinski definition) is 0. The maximum atomic E-state index is 3.93. The molecule has 0 amide bonds. The van der Waals surface area contributed by atoms with Gasteiger partial charge in [-0.05, 0) is 18.4 Å². The van der Waals surface area contributed by atoms with Gasteiger partial charge in [0.05, 0.1) is 0 Å². The first kappa shape index (κ1) is 7.60. The molecule has 0 heterocycles. The summed E-state index contributed by atoms with van der Waals surface area (Å²) in [6, 6.07) is 10.7. The summed E-state index contributed by atoms with van der Waals surface area (Å²) in [5, 5.41) is 0. The largest absolute Gasteiger partial charge is 0.102 e. The Bertz CT molecular complexity index is 267. The molecule has 0 saturated heterocycles. The van der Waals surface area contributed by atoms with E-state index >= 15 is 0 Å². The fourth-order valence-electron chi connectivity index (χ4n) is 1.94. The van der Waals surface area contributed by atoms with Gasteiger partial charge >= 0.3 is 0 Å². The van der Waals surface area contributed by atoms with Crippen molar-refractivity contribution in [2.75, 3.05) is 0 Å². The maximum absolute atomic E-state index is 3.93. The minimum absolute atomic E-state index is 0.321. The highest BCUT2D eigenvalue weighted by atomic mass is 14.4. The molecule has 0 aliphatic heterocycles. The molecule has 12 heavy (non-hydrogen) atoms. The minimum Gasteiger partial charge on any atom is -0.102 e. The van der Waals surface area contributed by atoms with Crippen LogP contribution in [0.5, 0.6) is 0 Å². The van der Waals surface area contributed by atoms with Crippen LogP contribution in [0.4, 0.5) is 0 Å². The second-order valence-corrected chi connectivity index (χ2v) is 3.58. The topological polar surface area (TPSA) is 0 Å². The predicted octanol–water partition coefficient (Wildman–Crippen LogP) is 3.29. The van der Waals surface area contributed by atoms with Crippen LogP contribution in [0.1, 0.15) is 24.8 Å². The van der Waals surface area contributed by atoms with Gasteiger partial charge in [-0.15, -0.1) is 6.58 Å². The number of rotatable bonds is 2. The van der Waals surface area contributed by atoms with Crippen LogP contribution in [0.3, 0.4) is 0 Å². The molecule has 0 radical (unpaired) electrons. The first-order chi connectivity index (χ1) is 5.87. The van der Waals surface area contributed by atoms with Crippen molar-refractivity contribution in [2.45, 2.75) is 24.7 Å². The number of benzene rings is 1. The summed E-state index contributed by atoms with van der Waals surface area (Å²) >= 11 is 0. The second kappa shape index (κ2) is 2.78. The molecule has 0 unspecified atom stereocenters. The van der Waals surface area contributed by atoms with E-state index in [1.54, 1.807) is 0 Å². The van der Waals surface area contributed by atoms with Gasteiger partial charge in [-0.1, -0.05) is 42.8 Å². The van der Waals surface area contributed by atoms with Crippen molar-refractivity contribution in [3.8, 4) is 0 Å². The predicted molar refractivity (Wildman–Crippen MR) is 52.2 cm³/mol. The van der Waals surface area contributed by atoms with Crippen LogP contribution >= 0.6 is 0 Å². The maximum Gasteiger partial charge on any atom is 0.0129 e. The van der Waals surface area contributed by atoms with Gasteiger partial charge in [0.2, 0.25) is 0 Å². The van der Waals surface area contributed by atoms with Gasteiger partial charge in [-0.2, -0.15) is 0 Å². The zero-order chi connectivity index (χ0) is 8.44. The van der Waals surface area contributed by atoms with Crippen LogP contribution in [0.15, 0.2) is 43.0 Å². The van der Waals surface area contributed by atoms with Crippen molar-refractivity contribution < 1.29 is 0 Å². The third-order valence-corrected chi connectivity index (χ3v) is 2.99. The summed E-state index contributed by atoms with van der Waals surface area (Å²) in [6.45, 7) is 3.93. The first-order valence-corrected chi connectivity index (χ1v) is 4.56. The molecule has 1 fully saturated rings. The summed E-state index contributed by atoms with van der Waals surface area (Å²) in [6.07, 6.45) is 6.02. The molecule has 0 nitrogen and oxygen atoms in total. The Balaban J connectivity index is 2.34. The van der Waals surface area contributed by atoms with Crippen LogP contribution in [-0.2, 0) is 5.41 Å². The van der Waals surface area contributed by atoms with Crippen molar-refractivity contribution >= 4 is 0 Å². The Morgan fingerprint density at radius 3 is 2.25 bits per heavy atom. The van der Waals surface area contributed by atoms with E-state index in [-0.39, 0.29) is 0 Å². The van der Waals surface area contributed by atoms with E-state index in [1.807, 2.05) is 0 Å². The Morgan fingerprint density at radius 1 is 1.17 bits per heavy atom. The Morgan fingerprint density at radius 2 is 1.83 bits per heavy atom. The molecule has 1 aromatic rings. The zero-order valence-electron chi connectivity index (χ0n) is 7.29.